The Morgan fingerprint density at radius 3 is 2.29 bits per heavy atom. The Labute approximate surface area is 167 Å². The molecule has 0 spiro atoms. The van der Waals surface area contributed by atoms with E-state index in [0.717, 1.165) is 16.7 Å². The number of anilines is 1. The van der Waals surface area contributed by atoms with Gasteiger partial charge < -0.3 is 4.42 Å². The Kier molecular flexibility index (Phi) is 4.90. The zero-order valence-electron chi connectivity index (χ0n) is 14.5. The van der Waals surface area contributed by atoms with E-state index in [1.165, 1.54) is 6.26 Å². The summed E-state index contributed by atoms with van der Waals surface area (Å²) in [4.78, 5) is 4.36. The van der Waals surface area contributed by atoms with Crippen LogP contribution in [-0.4, -0.2) is 13.4 Å². The van der Waals surface area contributed by atoms with Gasteiger partial charge in [-0.25, -0.2) is 13.4 Å². The monoisotopic (exact) mass is 410 g/mol. The third-order valence-electron chi connectivity index (χ3n) is 4.15. The molecule has 0 atom stereocenters. The van der Waals surface area contributed by atoms with Crippen molar-refractivity contribution in [3.8, 4) is 22.6 Å². The van der Waals surface area contributed by atoms with Crippen LogP contribution in [0.2, 0.25) is 5.02 Å². The molecule has 1 heterocycles. The predicted molar refractivity (Wildman–Crippen MR) is 110 cm³/mol. The molecule has 1 aromatic heterocycles. The summed E-state index contributed by atoms with van der Waals surface area (Å²) in [6, 6.07) is 20.7. The second kappa shape index (κ2) is 7.50. The van der Waals surface area contributed by atoms with Crippen molar-refractivity contribution < 1.29 is 12.8 Å². The van der Waals surface area contributed by atoms with E-state index >= 15 is 0 Å². The van der Waals surface area contributed by atoms with Crippen molar-refractivity contribution in [1.29, 1.82) is 0 Å². The van der Waals surface area contributed by atoms with Crippen molar-refractivity contribution >= 4 is 27.3 Å². The van der Waals surface area contributed by atoms with E-state index in [1.54, 1.807) is 54.7 Å². The Morgan fingerprint density at radius 2 is 1.61 bits per heavy atom. The zero-order chi connectivity index (χ0) is 19.6. The van der Waals surface area contributed by atoms with Crippen LogP contribution < -0.4 is 4.72 Å². The number of hydrogen-bond donors (Lipinski definition) is 1. The van der Waals surface area contributed by atoms with Gasteiger partial charge in [0.25, 0.3) is 10.0 Å². The van der Waals surface area contributed by atoms with Gasteiger partial charge in [-0.05, 0) is 48.0 Å². The first-order valence-corrected chi connectivity index (χ1v) is 10.3. The fourth-order valence-corrected chi connectivity index (χ4v) is 4.08. The van der Waals surface area contributed by atoms with Crippen LogP contribution in [0.25, 0.3) is 22.6 Å². The van der Waals surface area contributed by atoms with Crippen LogP contribution >= 0.6 is 11.6 Å². The molecule has 0 unspecified atom stereocenters. The summed E-state index contributed by atoms with van der Waals surface area (Å²) in [5.74, 6) is 0.505. The molecule has 0 fully saturated rings. The molecule has 3 aromatic carbocycles. The summed E-state index contributed by atoms with van der Waals surface area (Å²) in [5, 5.41) is 0.577. The van der Waals surface area contributed by atoms with E-state index in [1.807, 2.05) is 24.3 Å². The first-order valence-electron chi connectivity index (χ1n) is 8.41. The number of rotatable bonds is 5. The maximum atomic E-state index is 12.4. The van der Waals surface area contributed by atoms with Crippen LogP contribution in [0.3, 0.4) is 0 Å². The van der Waals surface area contributed by atoms with Crippen LogP contribution in [0, 0.1) is 0 Å². The molecule has 28 heavy (non-hydrogen) atoms. The van der Waals surface area contributed by atoms with Gasteiger partial charge in [0.1, 0.15) is 6.26 Å². The van der Waals surface area contributed by atoms with Crippen molar-refractivity contribution in [2.24, 2.45) is 0 Å². The first-order chi connectivity index (χ1) is 13.5. The molecule has 4 rings (SSSR count). The molecule has 7 heteroatoms. The highest BCUT2D eigenvalue weighted by molar-refractivity contribution is 7.92. The summed E-state index contributed by atoms with van der Waals surface area (Å²) >= 11 is 6.36. The van der Waals surface area contributed by atoms with E-state index in [9.17, 15) is 8.42 Å². The van der Waals surface area contributed by atoms with Crippen LogP contribution in [0.1, 0.15) is 0 Å². The quantitative estimate of drug-likeness (QED) is 0.474. The largest absolute Gasteiger partial charge is 0.445 e. The SMILES string of the molecule is O=S(=O)(Nc1ccc(-c2cc(-c3ncco3)ccc2Cl)cc1)c1ccccc1. The third-order valence-corrected chi connectivity index (χ3v) is 5.87. The lowest BCUT2D eigenvalue weighted by atomic mass is 10.0. The van der Waals surface area contributed by atoms with Gasteiger partial charge in [-0.2, -0.15) is 0 Å². The summed E-state index contributed by atoms with van der Waals surface area (Å²) in [5.41, 5.74) is 2.92. The molecule has 0 radical (unpaired) electrons. The minimum Gasteiger partial charge on any atom is -0.445 e. The van der Waals surface area contributed by atoms with Gasteiger partial charge in [-0.3, -0.25) is 4.72 Å². The van der Waals surface area contributed by atoms with Crippen molar-refractivity contribution in [3.05, 3.63) is 90.3 Å². The average Bonchev–Trinajstić information content (AvgIpc) is 3.24. The summed E-state index contributed by atoms with van der Waals surface area (Å²) in [6.07, 6.45) is 3.09. The number of oxazole rings is 1. The van der Waals surface area contributed by atoms with E-state index < -0.39 is 10.0 Å². The average molecular weight is 411 g/mol. The molecule has 140 valence electrons. The molecule has 4 aromatic rings. The van der Waals surface area contributed by atoms with Gasteiger partial charge >= 0.3 is 0 Å². The molecule has 5 nitrogen and oxygen atoms in total. The zero-order valence-corrected chi connectivity index (χ0v) is 16.1. The van der Waals surface area contributed by atoms with E-state index in [-0.39, 0.29) is 4.90 Å². The van der Waals surface area contributed by atoms with Crippen molar-refractivity contribution in [3.63, 3.8) is 0 Å². The topological polar surface area (TPSA) is 72.2 Å². The Hall–Kier alpha value is -3.09. The van der Waals surface area contributed by atoms with Gasteiger partial charge in [0, 0.05) is 21.8 Å². The molecule has 1 N–H and O–H groups in total. The molecule has 0 aliphatic heterocycles. The Balaban J connectivity index is 1.61. The van der Waals surface area contributed by atoms with Gasteiger partial charge in [0.2, 0.25) is 5.89 Å². The Morgan fingerprint density at radius 1 is 0.893 bits per heavy atom. The van der Waals surface area contributed by atoms with Gasteiger partial charge in [0.05, 0.1) is 11.1 Å². The summed E-state index contributed by atoms with van der Waals surface area (Å²) in [7, 11) is -3.63. The molecule has 0 saturated carbocycles. The van der Waals surface area contributed by atoms with Crippen molar-refractivity contribution in [1.82, 2.24) is 4.98 Å². The van der Waals surface area contributed by atoms with E-state index in [0.29, 0.717) is 16.6 Å². The second-order valence-corrected chi connectivity index (χ2v) is 8.12. The normalized spacial score (nSPS) is 11.3. The minimum absolute atomic E-state index is 0.209. The minimum atomic E-state index is -3.63. The van der Waals surface area contributed by atoms with Gasteiger partial charge in [-0.1, -0.05) is 41.9 Å². The molecule has 0 bridgehead atoms. The van der Waals surface area contributed by atoms with Crippen LogP contribution in [0.15, 0.2) is 94.6 Å². The predicted octanol–water partition coefficient (Wildman–Crippen LogP) is 5.46. The maximum absolute atomic E-state index is 12.4. The number of nitrogens with one attached hydrogen (secondary N) is 1. The fraction of sp³-hybridized carbons (Fsp3) is 0. The molecular formula is C21H15ClN2O3S. The van der Waals surface area contributed by atoms with Crippen molar-refractivity contribution in [2.75, 3.05) is 4.72 Å². The molecule has 0 saturated heterocycles. The highest BCUT2D eigenvalue weighted by Gasteiger charge is 2.14. The van der Waals surface area contributed by atoms with Gasteiger partial charge in [0.15, 0.2) is 0 Å². The highest BCUT2D eigenvalue weighted by Crippen LogP contribution is 2.33. The number of halogens is 1. The fourth-order valence-electron chi connectivity index (χ4n) is 2.78. The number of benzene rings is 3. The summed E-state index contributed by atoms with van der Waals surface area (Å²) in [6.45, 7) is 0. The lowest BCUT2D eigenvalue weighted by Gasteiger charge is -2.10. The Bertz CT molecular complexity index is 1190. The number of nitrogens with zero attached hydrogens (tertiary/aromatic N) is 1. The van der Waals surface area contributed by atoms with E-state index in [2.05, 4.69) is 9.71 Å². The molecular weight excluding hydrogens is 396 g/mol. The smallest absolute Gasteiger partial charge is 0.261 e. The van der Waals surface area contributed by atoms with Crippen molar-refractivity contribution in [2.45, 2.75) is 4.90 Å². The van der Waals surface area contributed by atoms with Crippen LogP contribution in [0.4, 0.5) is 5.69 Å². The van der Waals surface area contributed by atoms with Gasteiger partial charge in [-0.15, -0.1) is 0 Å². The lowest BCUT2D eigenvalue weighted by Crippen LogP contribution is -2.12. The third kappa shape index (κ3) is 3.78. The number of aromatic nitrogens is 1. The second-order valence-electron chi connectivity index (χ2n) is 6.03. The van der Waals surface area contributed by atoms with E-state index in [4.69, 9.17) is 16.0 Å². The standard InChI is InChI=1S/C21H15ClN2O3S/c22-20-11-8-16(21-23-12-13-27-21)14-19(20)15-6-9-17(10-7-15)24-28(25,26)18-4-2-1-3-5-18/h1-14,24H. The highest BCUT2D eigenvalue weighted by atomic mass is 35.5. The molecule has 0 amide bonds. The van der Waals surface area contributed by atoms with Crippen LogP contribution in [-0.2, 0) is 10.0 Å². The first kappa shape index (κ1) is 18.3. The molecule has 0 aliphatic carbocycles. The number of sulfonamides is 1. The molecule has 0 aliphatic rings. The van der Waals surface area contributed by atoms with Crippen LogP contribution in [0.5, 0.6) is 0 Å². The number of hydrogen-bond acceptors (Lipinski definition) is 4. The lowest BCUT2D eigenvalue weighted by molar-refractivity contribution is 0.574. The summed E-state index contributed by atoms with van der Waals surface area (Å²) < 4.78 is 32.8. The maximum Gasteiger partial charge on any atom is 0.261 e.